The molecule has 0 aromatic heterocycles. The van der Waals surface area contributed by atoms with E-state index in [9.17, 15) is 9.59 Å². The minimum Gasteiger partial charge on any atom is -0.459 e. The Kier molecular flexibility index (Phi) is 9.26. The lowest BCUT2D eigenvalue weighted by molar-refractivity contribution is -0.156. The average Bonchev–Trinajstić information content (AvgIpc) is 2.73. The van der Waals surface area contributed by atoms with E-state index in [0.717, 1.165) is 84.6 Å². The molecule has 0 spiro atoms. The van der Waals surface area contributed by atoms with Crippen LogP contribution in [-0.4, -0.2) is 114 Å². The maximum absolute atomic E-state index is 12.3. The zero-order valence-electron chi connectivity index (χ0n) is 22.5. The Labute approximate surface area is 206 Å². The van der Waals surface area contributed by atoms with Gasteiger partial charge >= 0.3 is 12.1 Å². The van der Waals surface area contributed by atoms with E-state index in [0.29, 0.717) is 18.5 Å². The number of carbonyl (C=O) groups excluding carboxylic acids is 2. The number of nitrogens with zero attached hydrogens (tertiary/aromatic N) is 4. The highest BCUT2D eigenvalue weighted by atomic mass is 16.6. The Morgan fingerprint density at radius 1 is 0.706 bits per heavy atom. The minimum atomic E-state index is -0.428. The third-order valence-corrected chi connectivity index (χ3v) is 7.04. The van der Waals surface area contributed by atoms with Crippen LogP contribution in [0.1, 0.15) is 67.2 Å². The molecule has 1 amide bonds. The van der Waals surface area contributed by atoms with Gasteiger partial charge in [-0.15, -0.1) is 0 Å². The van der Waals surface area contributed by atoms with Crippen LogP contribution in [0.5, 0.6) is 0 Å². The molecule has 0 aromatic rings. The first-order valence-electron chi connectivity index (χ1n) is 13.3. The number of likely N-dealkylation sites (tertiary alicyclic amines) is 2. The van der Waals surface area contributed by atoms with Crippen molar-refractivity contribution >= 4 is 12.1 Å². The number of carbonyl (C=O) groups is 2. The van der Waals surface area contributed by atoms with Crippen molar-refractivity contribution in [2.24, 2.45) is 5.92 Å². The van der Waals surface area contributed by atoms with E-state index in [2.05, 4.69) is 14.7 Å². The predicted octanol–water partition coefficient (Wildman–Crippen LogP) is 3.06. The fourth-order valence-corrected chi connectivity index (χ4v) is 5.30. The van der Waals surface area contributed by atoms with Crippen LogP contribution in [0.25, 0.3) is 0 Å². The van der Waals surface area contributed by atoms with Crippen molar-refractivity contribution in [2.45, 2.75) is 84.5 Å². The molecule has 0 unspecified atom stereocenters. The predicted molar refractivity (Wildman–Crippen MR) is 134 cm³/mol. The lowest BCUT2D eigenvalue weighted by atomic mass is 9.96. The maximum Gasteiger partial charge on any atom is 0.410 e. The van der Waals surface area contributed by atoms with Gasteiger partial charge in [0.15, 0.2) is 0 Å². The number of hydrogen-bond acceptors (Lipinski definition) is 7. The largest absolute Gasteiger partial charge is 0.459 e. The molecule has 3 aliphatic rings. The summed E-state index contributed by atoms with van der Waals surface area (Å²) in [6.45, 7) is 21.2. The van der Waals surface area contributed by atoms with E-state index in [4.69, 9.17) is 9.47 Å². The smallest absolute Gasteiger partial charge is 0.410 e. The van der Waals surface area contributed by atoms with Crippen LogP contribution >= 0.6 is 0 Å². The number of esters is 1. The average molecular weight is 481 g/mol. The lowest BCUT2D eigenvalue weighted by Crippen LogP contribution is -2.54. The van der Waals surface area contributed by atoms with Gasteiger partial charge in [-0.25, -0.2) is 4.79 Å². The van der Waals surface area contributed by atoms with Gasteiger partial charge in [0, 0.05) is 64.9 Å². The highest BCUT2D eigenvalue weighted by Crippen LogP contribution is 2.23. The van der Waals surface area contributed by atoms with Gasteiger partial charge in [-0.2, -0.15) is 0 Å². The van der Waals surface area contributed by atoms with Crippen molar-refractivity contribution < 1.29 is 19.1 Å². The van der Waals surface area contributed by atoms with Crippen molar-refractivity contribution in [3.05, 3.63) is 0 Å². The standard InChI is InChI=1S/C26H48N4O4/c1-25(2,3)33-23(31)20-27-11-9-22(10-12-27)29-17-15-28(16-18-29)19-21-7-13-30(14-8-21)24(32)34-26(4,5)6/h21-22H,7-20H2,1-6H3. The second-order valence-electron chi connectivity index (χ2n) is 12.3. The number of piperidine rings is 2. The van der Waals surface area contributed by atoms with Crippen LogP contribution in [0, 0.1) is 5.92 Å². The molecule has 0 aliphatic carbocycles. The van der Waals surface area contributed by atoms with E-state index in [1.165, 1.54) is 0 Å². The van der Waals surface area contributed by atoms with Gasteiger partial charge < -0.3 is 19.3 Å². The molecule has 0 N–H and O–H groups in total. The molecule has 34 heavy (non-hydrogen) atoms. The molecule has 0 atom stereocenters. The summed E-state index contributed by atoms with van der Waals surface area (Å²) >= 11 is 0. The van der Waals surface area contributed by atoms with Crippen LogP contribution in [0.4, 0.5) is 4.79 Å². The molecule has 196 valence electrons. The molecule has 0 saturated carbocycles. The fraction of sp³-hybridized carbons (Fsp3) is 0.923. The molecule has 0 bridgehead atoms. The van der Waals surface area contributed by atoms with E-state index in [1.807, 2.05) is 46.4 Å². The third kappa shape index (κ3) is 9.00. The quantitative estimate of drug-likeness (QED) is 0.560. The third-order valence-electron chi connectivity index (χ3n) is 7.04. The van der Waals surface area contributed by atoms with Crippen LogP contribution in [0.2, 0.25) is 0 Å². The van der Waals surface area contributed by atoms with Crippen molar-refractivity contribution in [1.29, 1.82) is 0 Å². The van der Waals surface area contributed by atoms with Crippen molar-refractivity contribution in [3.63, 3.8) is 0 Å². The Morgan fingerprint density at radius 3 is 1.79 bits per heavy atom. The van der Waals surface area contributed by atoms with Gasteiger partial charge in [-0.3, -0.25) is 14.6 Å². The maximum atomic E-state index is 12.3. The summed E-state index contributed by atoms with van der Waals surface area (Å²) in [5.41, 5.74) is -0.841. The topological polar surface area (TPSA) is 65.6 Å². The van der Waals surface area contributed by atoms with E-state index in [-0.39, 0.29) is 12.1 Å². The highest BCUT2D eigenvalue weighted by Gasteiger charge is 2.31. The van der Waals surface area contributed by atoms with Gasteiger partial charge in [0.05, 0.1) is 6.54 Å². The molecule has 3 heterocycles. The first kappa shape index (κ1) is 27.2. The van der Waals surface area contributed by atoms with Gasteiger partial charge in [-0.1, -0.05) is 0 Å². The molecule has 3 rings (SSSR count). The first-order chi connectivity index (χ1) is 15.9. The zero-order valence-corrected chi connectivity index (χ0v) is 22.5. The van der Waals surface area contributed by atoms with Crippen LogP contribution in [0.15, 0.2) is 0 Å². The summed E-state index contributed by atoms with van der Waals surface area (Å²) in [6.07, 6.45) is 4.22. The van der Waals surface area contributed by atoms with Crippen molar-refractivity contribution in [3.8, 4) is 0 Å². The summed E-state index contributed by atoms with van der Waals surface area (Å²) < 4.78 is 11.0. The molecule has 3 saturated heterocycles. The Hall–Kier alpha value is -1.38. The lowest BCUT2D eigenvalue weighted by Gasteiger charge is -2.43. The highest BCUT2D eigenvalue weighted by molar-refractivity contribution is 5.72. The summed E-state index contributed by atoms with van der Waals surface area (Å²) in [6, 6.07) is 0.633. The minimum absolute atomic E-state index is 0.114. The number of rotatable bonds is 5. The zero-order chi connectivity index (χ0) is 24.9. The van der Waals surface area contributed by atoms with Crippen LogP contribution < -0.4 is 0 Å². The Morgan fingerprint density at radius 2 is 1.26 bits per heavy atom. The molecule has 3 fully saturated rings. The molecule has 0 aromatic carbocycles. The fourth-order valence-electron chi connectivity index (χ4n) is 5.30. The molecular weight excluding hydrogens is 432 g/mol. The summed E-state index contributed by atoms with van der Waals surface area (Å²) in [4.78, 5) is 33.8. The number of ether oxygens (including phenoxy) is 2. The molecular formula is C26H48N4O4. The molecule has 3 aliphatic heterocycles. The summed E-state index contributed by atoms with van der Waals surface area (Å²) in [5, 5.41) is 0. The van der Waals surface area contributed by atoms with Crippen molar-refractivity contribution in [1.82, 2.24) is 19.6 Å². The van der Waals surface area contributed by atoms with Crippen LogP contribution in [-0.2, 0) is 14.3 Å². The van der Waals surface area contributed by atoms with E-state index < -0.39 is 11.2 Å². The normalized spacial score (nSPS) is 23.2. The molecule has 0 radical (unpaired) electrons. The number of amides is 1. The Balaban J connectivity index is 1.31. The molecule has 8 heteroatoms. The van der Waals surface area contributed by atoms with E-state index in [1.54, 1.807) is 0 Å². The number of hydrogen-bond donors (Lipinski definition) is 0. The number of piperazine rings is 1. The van der Waals surface area contributed by atoms with Crippen molar-refractivity contribution in [2.75, 3.05) is 65.4 Å². The van der Waals surface area contributed by atoms with E-state index >= 15 is 0 Å². The first-order valence-corrected chi connectivity index (χ1v) is 13.3. The second kappa shape index (κ2) is 11.6. The van der Waals surface area contributed by atoms with Gasteiger partial charge in [-0.05, 0) is 73.1 Å². The van der Waals surface area contributed by atoms with Gasteiger partial charge in [0.25, 0.3) is 0 Å². The summed E-state index contributed by atoms with van der Waals surface area (Å²) in [7, 11) is 0. The SMILES string of the molecule is CC(C)(C)OC(=O)CN1CCC(N2CCN(CC3CCN(C(=O)OC(C)(C)C)CC3)CC2)CC1. The van der Waals surface area contributed by atoms with Gasteiger partial charge in [0.2, 0.25) is 0 Å². The Bertz CT molecular complexity index is 663. The molecule has 8 nitrogen and oxygen atoms in total. The monoisotopic (exact) mass is 480 g/mol. The van der Waals surface area contributed by atoms with Crippen LogP contribution in [0.3, 0.4) is 0 Å². The summed E-state index contributed by atoms with van der Waals surface area (Å²) in [5.74, 6) is 0.554. The second-order valence-corrected chi connectivity index (χ2v) is 12.3. The van der Waals surface area contributed by atoms with Gasteiger partial charge in [0.1, 0.15) is 11.2 Å².